The fourth-order valence-electron chi connectivity index (χ4n) is 2.17. The lowest BCUT2D eigenvalue weighted by Crippen LogP contribution is -2.42. The van der Waals surface area contributed by atoms with Crippen molar-refractivity contribution < 1.29 is 4.79 Å². The Balaban J connectivity index is 1.57. The summed E-state index contributed by atoms with van der Waals surface area (Å²) in [6.07, 6.45) is 3.24. The van der Waals surface area contributed by atoms with Crippen molar-refractivity contribution in [1.82, 2.24) is 16.0 Å². The summed E-state index contributed by atoms with van der Waals surface area (Å²) in [6.45, 7) is 2.47. The number of urea groups is 1. The van der Waals surface area contributed by atoms with Crippen LogP contribution in [0.25, 0.3) is 0 Å². The molecule has 0 unspecified atom stereocenters. The molecule has 0 saturated carbocycles. The average Bonchev–Trinajstić information content (AvgIpc) is 2.91. The number of amides is 2. The molecule has 1 saturated heterocycles. The molecule has 0 spiro atoms. The molecular weight excluding hydrogens is 226 g/mol. The molecule has 4 nitrogen and oxygen atoms in total. The summed E-state index contributed by atoms with van der Waals surface area (Å²) in [4.78, 5) is 11.5. The molecule has 1 aromatic carbocycles. The second-order valence-electron chi connectivity index (χ2n) is 4.67. The third-order valence-corrected chi connectivity index (χ3v) is 3.21. The average molecular weight is 247 g/mol. The molecular formula is C14H21N3O. The first-order chi connectivity index (χ1) is 8.84. The van der Waals surface area contributed by atoms with Crippen molar-refractivity contribution in [2.75, 3.05) is 19.6 Å². The fourth-order valence-corrected chi connectivity index (χ4v) is 2.17. The lowest BCUT2D eigenvalue weighted by molar-refractivity contribution is 0.240. The zero-order chi connectivity index (χ0) is 12.6. The smallest absolute Gasteiger partial charge is 0.314 e. The first kappa shape index (κ1) is 12.9. The van der Waals surface area contributed by atoms with Gasteiger partial charge in [0, 0.05) is 19.1 Å². The predicted molar refractivity (Wildman–Crippen MR) is 72.6 cm³/mol. The molecule has 0 aliphatic carbocycles. The van der Waals surface area contributed by atoms with E-state index in [1.807, 2.05) is 18.2 Å². The number of carbonyl (C=O) groups is 1. The summed E-state index contributed by atoms with van der Waals surface area (Å²) in [5, 5.41) is 9.13. The number of carbonyl (C=O) groups excluding carboxylic acids is 1. The Morgan fingerprint density at radius 1 is 1.28 bits per heavy atom. The van der Waals surface area contributed by atoms with Gasteiger partial charge >= 0.3 is 6.03 Å². The van der Waals surface area contributed by atoms with Gasteiger partial charge in [0.2, 0.25) is 0 Å². The SMILES string of the molecule is O=C(NCCc1ccccc1)NC[C@H]1CCCN1. The quantitative estimate of drug-likeness (QED) is 0.734. The summed E-state index contributed by atoms with van der Waals surface area (Å²) < 4.78 is 0. The van der Waals surface area contributed by atoms with E-state index >= 15 is 0 Å². The highest BCUT2D eigenvalue weighted by Crippen LogP contribution is 2.02. The minimum absolute atomic E-state index is 0.0698. The summed E-state index contributed by atoms with van der Waals surface area (Å²) in [5.41, 5.74) is 1.25. The minimum Gasteiger partial charge on any atom is -0.338 e. The highest BCUT2D eigenvalue weighted by Gasteiger charge is 2.14. The molecule has 1 heterocycles. The van der Waals surface area contributed by atoms with Crippen molar-refractivity contribution in [1.29, 1.82) is 0 Å². The van der Waals surface area contributed by atoms with Crippen molar-refractivity contribution in [3.8, 4) is 0 Å². The Morgan fingerprint density at radius 2 is 2.11 bits per heavy atom. The maximum absolute atomic E-state index is 11.5. The van der Waals surface area contributed by atoms with Crippen LogP contribution in [0.2, 0.25) is 0 Å². The molecule has 0 radical (unpaired) electrons. The van der Waals surface area contributed by atoms with E-state index < -0.39 is 0 Å². The van der Waals surface area contributed by atoms with Gasteiger partial charge in [-0.3, -0.25) is 0 Å². The van der Waals surface area contributed by atoms with Crippen molar-refractivity contribution in [3.63, 3.8) is 0 Å². The second-order valence-corrected chi connectivity index (χ2v) is 4.67. The van der Waals surface area contributed by atoms with Gasteiger partial charge < -0.3 is 16.0 Å². The topological polar surface area (TPSA) is 53.2 Å². The Labute approximate surface area is 108 Å². The molecule has 1 fully saturated rings. The fraction of sp³-hybridized carbons (Fsp3) is 0.500. The van der Waals surface area contributed by atoms with Crippen molar-refractivity contribution >= 4 is 6.03 Å². The van der Waals surface area contributed by atoms with Crippen LogP contribution in [0.3, 0.4) is 0 Å². The zero-order valence-electron chi connectivity index (χ0n) is 10.6. The molecule has 0 aromatic heterocycles. The highest BCUT2D eigenvalue weighted by molar-refractivity contribution is 5.73. The van der Waals surface area contributed by atoms with E-state index in [9.17, 15) is 4.79 Å². The first-order valence-electron chi connectivity index (χ1n) is 6.63. The maximum Gasteiger partial charge on any atom is 0.314 e. The van der Waals surface area contributed by atoms with Gasteiger partial charge in [0.25, 0.3) is 0 Å². The largest absolute Gasteiger partial charge is 0.338 e. The van der Waals surface area contributed by atoms with Crippen LogP contribution in [0.15, 0.2) is 30.3 Å². The van der Waals surface area contributed by atoms with Crippen LogP contribution in [-0.2, 0) is 6.42 Å². The number of rotatable bonds is 5. The van der Waals surface area contributed by atoms with Gasteiger partial charge in [0.15, 0.2) is 0 Å². The van der Waals surface area contributed by atoms with Crippen LogP contribution in [-0.4, -0.2) is 31.7 Å². The number of hydrogen-bond donors (Lipinski definition) is 3. The second kappa shape index (κ2) is 7.01. The van der Waals surface area contributed by atoms with Gasteiger partial charge in [-0.25, -0.2) is 4.79 Å². The standard InChI is InChI=1S/C14H21N3O/c18-14(17-11-13-7-4-9-15-13)16-10-8-12-5-2-1-3-6-12/h1-3,5-6,13,15H,4,7-11H2,(H2,16,17,18)/t13-/m1/s1. The monoisotopic (exact) mass is 247 g/mol. The van der Waals surface area contributed by atoms with E-state index in [0.717, 1.165) is 25.9 Å². The summed E-state index contributed by atoms with van der Waals surface area (Å²) in [6, 6.07) is 10.6. The molecule has 4 heteroatoms. The van der Waals surface area contributed by atoms with E-state index in [4.69, 9.17) is 0 Å². The molecule has 1 aromatic rings. The lowest BCUT2D eigenvalue weighted by atomic mass is 10.1. The van der Waals surface area contributed by atoms with Crippen LogP contribution in [0, 0.1) is 0 Å². The van der Waals surface area contributed by atoms with Crippen LogP contribution < -0.4 is 16.0 Å². The minimum atomic E-state index is -0.0698. The number of nitrogens with one attached hydrogen (secondary N) is 3. The highest BCUT2D eigenvalue weighted by atomic mass is 16.2. The molecule has 1 atom stereocenters. The van der Waals surface area contributed by atoms with Crippen LogP contribution in [0.4, 0.5) is 4.79 Å². The van der Waals surface area contributed by atoms with Gasteiger partial charge in [0.1, 0.15) is 0 Å². The summed E-state index contributed by atoms with van der Waals surface area (Å²) in [5.74, 6) is 0. The third-order valence-electron chi connectivity index (χ3n) is 3.21. The zero-order valence-corrected chi connectivity index (χ0v) is 10.6. The van der Waals surface area contributed by atoms with E-state index in [1.54, 1.807) is 0 Å². The van der Waals surface area contributed by atoms with Crippen molar-refractivity contribution in [3.05, 3.63) is 35.9 Å². The Morgan fingerprint density at radius 3 is 2.83 bits per heavy atom. The number of benzene rings is 1. The van der Waals surface area contributed by atoms with Crippen LogP contribution in [0.5, 0.6) is 0 Å². The normalized spacial score (nSPS) is 18.6. The number of hydrogen-bond acceptors (Lipinski definition) is 2. The molecule has 2 rings (SSSR count). The summed E-state index contributed by atoms with van der Waals surface area (Å²) >= 11 is 0. The molecule has 1 aliphatic heterocycles. The predicted octanol–water partition coefficient (Wildman–Crippen LogP) is 1.28. The van der Waals surface area contributed by atoms with Crippen molar-refractivity contribution in [2.24, 2.45) is 0 Å². The maximum atomic E-state index is 11.5. The van der Waals surface area contributed by atoms with E-state index in [0.29, 0.717) is 12.6 Å². The first-order valence-corrected chi connectivity index (χ1v) is 6.63. The van der Waals surface area contributed by atoms with E-state index in [1.165, 1.54) is 12.0 Å². The molecule has 18 heavy (non-hydrogen) atoms. The Hall–Kier alpha value is -1.55. The van der Waals surface area contributed by atoms with Crippen LogP contribution in [0.1, 0.15) is 18.4 Å². The van der Waals surface area contributed by atoms with Crippen molar-refractivity contribution in [2.45, 2.75) is 25.3 Å². The van der Waals surface area contributed by atoms with E-state index in [2.05, 4.69) is 28.1 Å². The molecule has 0 bridgehead atoms. The molecule has 3 N–H and O–H groups in total. The lowest BCUT2D eigenvalue weighted by Gasteiger charge is -2.12. The summed E-state index contributed by atoms with van der Waals surface area (Å²) in [7, 11) is 0. The molecule has 98 valence electrons. The van der Waals surface area contributed by atoms with E-state index in [-0.39, 0.29) is 6.03 Å². The Bertz CT molecular complexity index is 361. The molecule has 2 amide bonds. The van der Waals surface area contributed by atoms with Crippen LogP contribution >= 0.6 is 0 Å². The van der Waals surface area contributed by atoms with Gasteiger partial charge in [-0.05, 0) is 31.4 Å². The van der Waals surface area contributed by atoms with Gasteiger partial charge in [0.05, 0.1) is 0 Å². The van der Waals surface area contributed by atoms with Gasteiger partial charge in [-0.2, -0.15) is 0 Å². The third kappa shape index (κ3) is 4.37. The van der Waals surface area contributed by atoms with Gasteiger partial charge in [-0.1, -0.05) is 30.3 Å². The molecule has 1 aliphatic rings. The Kier molecular flexibility index (Phi) is 5.02. The van der Waals surface area contributed by atoms with Gasteiger partial charge in [-0.15, -0.1) is 0 Å².